The third-order valence-corrected chi connectivity index (χ3v) is 4.57. The summed E-state index contributed by atoms with van der Waals surface area (Å²) in [6, 6.07) is 8.13. The molecule has 0 saturated carbocycles. The average Bonchev–Trinajstić information content (AvgIpc) is 3.02. The number of hydrogen-bond donors (Lipinski definition) is 0. The van der Waals surface area contributed by atoms with Crippen molar-refractivity contribution in [2.45, 2.75) is 40.2 Å². The SMILES string of the molecule is CCc1ccc(-c2nnn(CC(=O)N3C[C@@H](C)C[C@H](C)C3)n2)cc1. The summed E-state index contributed by atoms with van der Waals surface area (Å²) in [6.45, 7) is 8.31. The Balaban J connectivity index is 1.66. The first-order valence-corrected chi connectivity index (χ1v) is 8.70. The van der Waals surface area contributed by atoms with E-state index < -0.39 is 0 Å². The highest BCUT2D eigenvalue weighted by Gasteiger charge is 2.25. The van der Waals surface area contributed by atoms with Gasteiger partial charge in [-0.1, -0.05) is 45.0 Å². The molecule has 0 aliphatic carbocycles. The number of likely N-dealkylation sites (tertiary alicyclic amines) is 1. The molecule has 1 fully saturated rings. The van der Waals surface area contributed by atoms with Crippen LogP contribution >= 0.6 is 0 Å². The minimum atomic E-state index is 0.0682. The molecule has 0 bridgehead atoms. The van der Waals surface area contributed by atoms with E-state index in [1.807, 2.05) is 17.0 Å². The van der Waals surface area contributed by atoms with E-state index in [1.165, 1.54) is 16.8 Å². The summed E-state index contributed by atoms with van der Waals surface area (Å²) in [5.41, 5.74) is 2.20. The second-order valence-corrected chi connectivity index (χ2v) is 6.94. The van der Waals surface area contributed by atoms with Crippen LogP contribution in [0, 0.1) is 11.8 Å². The van der Waals surface area contributed by atoms with E-state index in [-0.39, 0.29) is 12.5 Å². The number of benzene rings is 1. The Morgan fingerprint density at radius 2 is 1.83 bits per heavy atom. The summed E-state index contributed by atoms with van der Waals surface area (Å²) in [5.74, 6) is 1.73. The third kappa shape index (κ3) is 3.80. The van der Waals surface area contributed by atoms with Gasteiger partial charge in [0.25, 0.3) is 0 Å². The molecule has 0 N–H and O–H groups in total. The Morgan fingerprint density at radius 1 is 1.17 bits per heavy atom. The van der Waals surface area contributed by atoms with Gasteiger partial charge in [0.05, 0.1) is 0 Å². The number of hydrogen-bond acceptors (Lipinski definition) is 4. The van der Waals surface area contributed by atoms with Crippen molar-refractivity contribution in [3.63, 3.8) is 0 Å². The normalized spacial score (nSPS) is 21.0. The van der Waals surface area contributed by atoms with Crippen LogP contribution in [0.15, 0.2) is 24.3 Å². The standard InChI is InChI=1S/C18H25N5O/c1-4-15-5-7-16(8-6-15)18-19-21-23(20-18)12-17(24)22-10-13(2)9-14(3)11-22/h5-8,13-14H,4,9-12H2,1-3H3/t13-,14-/m0/s1. The van der Waals surface area contributed by atoms with Crippen molar-refractivity contribution < 1.29 is 4.79 Å². The van der Waals surface area contributed by atoms with Gasteiger partial charge in [0, 0.05) is 18.7 Å². The van der Waals surface area contributed by atoms with E-state index in [2.05, 4.69) is 48.3 Å². The van der Waals surface area contributed by atoms with Gasteiger partial charge in [-0.25, -0.2) is 0 Å². The van der Waals surface area contributed by atoms with Gasteiger partial charge in [0.2, 0.25) is 11.7 Å². The van der Waals surface area contributed by atoms with Crippen LogP contribution in [0.3, 0.4) is 0 Å². The van der Waals surface area contributed by atoms with Crippen molar-refractivity contribution in [1.82, 2.24) is 25.1 Å². The van der Waals surface area contributed by atoms with Gasteiger partial charge < -0.3 is 4.90 Å². The van der Waals surface area contributed by atoms with Crippen molar-refractivity contribution in [3.8, 4) is 11.4 Å². The fourth-order valence-corrected chi connectivity index (χ4v) is 3.40. The largest absolute Gasteiger partial charge is 0.340 e. The zero-order chi connectivity index (χ0) is 17.1. The lowest BCUT2D eigenvalue weighted by atomic mass is 9.92. The number of carbonyl (C=O) groups excluding carboxylic acids is 1. The van der Waals surface area contributed by atoms with E-state index in [9.17, 15) is 4.79 Å². The van der Waals surface area contributed by atoms with E-state index in [1.54, 1.807) is 0 Å². The molecule has 6 heteroatoms. The third-order valence-electron chi connectivity index (χ3n) is 4.57. The highest BCUT2D eigenvalue weighted by Crippen LogP contribution is 2.21. The average molecular weight is 327 g/mol. The molecule has 0 radical (unpaired) electrons. The molecule has 6 nitrogen and oxygen atoms in total. The molecule has 1 saturated heterocycles. The predicted octanol–water partition coefficient (Wildman–Crippen LogP) is 2.41. The Hall–Kier alpha value is -2.24. The molecule has 3 rings (SSSR count). The minimum Gasteiger partial charge on any atom is -0.340 e. The number of carbonyl (C=O) groups is 1. The van der Waals surface area contributed by atoms with Crippen LogP contribution in [0.2, 0.25) is 0 Å². The van der Waals surface area contributed by atoms with Crippen molar-refractivity contribution in [1.29, 1.82) is 0 Å². The molecule has 0 unspecified atom stereocenters. The predicted molar refractivity (Wildman–Crippen MR) is 92.2 cm³/mol. The molecular formula is C18H25N5O. The molecule has 1 aliphatic heterocycles. The van der Waals surface area contributed by atoms with Gasteiger partial charge in [-0.05, 0) is 35.5 Å². The fraction of sp³-hybridized carbons (Fsp3) is 0.556. The zero-order valence-corrected chi connectivity index (χ0v) is 14.6. The fourth-order valence-electron chi connectivity index (χ4n) is 3.40. The van der Waals surface area contributed by atoms with Crippen LogP contribution in [-0.4, -0.2) is 44.1 Å². The summed E-state index contributed by atoms with van der Waals surface area (Å²) in [7, 11) is 0. The monoisotopic (exact) mass is 327 g/mol. The molecular weight excluding hydrogens is 302 g/mol. The molecule has 2 aromatic rings. The summed E-state index contributed by atoms with van der Waals surface area (Å²) in [6.07, 6.45) is 2.19. The molecule has 2 heterocycles. The van der Waals surface area contributed by atoms with Gasteiger partial charge >= 0.3 is 0 Å². The Morgan fingerprint density at radius 3 is 2.46 bits per heavy atom. The lowest BCUT2D eigenvalue weighted by Crippen LogP contribution is -2.44. The highest BCUT2D eigenvalue weighted by molar-refractivity contribution is 5.76. The van der Waals surface area contributed by atoms with Crippen molar-refractivity contribution in [2.75, 3.05) is 13.1 Å². The zero-order valence-electron chi connectivity index (χ0n) is 14.6. The van der Waals surface area contributed by atoms with Crippen LogP contribution in [0.25, 0.3) is 11.4 Å². The van der Waals surface area contributed by atoms with Crippen LogP contribution in [0.4, 0.5) is 0 Å². The van der Waals surface area contributed by atoms with Gasteiger partial charge in [-0.3, -0.25) is 4.79 Å². The first-order chi connectivity index (χ1) is 11.5. The van der Waals surface area contributed by atoms with Crippen LogP contribution in [-0.2, 0) is 17.8 Å². The first-order valence-electron chi connectivity index (χ1n) is 8.70. The Labute approximate surface area is 142 Å². The minimum absolute atomic E-state index is 0.0682. The Bertz CT molecular complexity index is 684. The van der Waals surface area contributed by atoms with Crippen LogP contribution < -0.4 is 0 Å². The van der Waals surface area contributed by atoms with Gasteiger partial charge in [0.1, 0.15) is 6.54 Å². The maximum Gasteiger partial charge on any atom is 0.246 e. The van der Waals surface area contributed by atoms with Crippen LogP contribution in [0.5, 0.6) is 0 Å². The molecule has 1 aromatic carbocycles. The van der Waals surface area contributed by atoms with E-state index in [0.717, 1.165) is 25.1 Å². The molecule has 2 atom stereocenters. The number of nitrogens with zero attached hydrogens (tertiary/aromatic N) is 5. The van der Waals surface area contributed by atoms with Crippen LogP contribution in [0.1, 0.15) is 32.8 Å². The molecule has 1 amide bonds. The second-order valence-electron chi connectivity index (χ2n) is 6.94. The van der Waals surface area contributed by atoms with Gasteiger partial charge in [-0.15, -0.1) is 10.2 Å². The molecule has 24 heavy (non-hydrogen) atoms. The summed E-state index contributed by atoms with van der Waals surface area (Å²) in [5, 5.41) is 12.5. The van der Waals surface area contributed by atoms with E-state index in [0.29, 0.717) is 17.7 Å². The topological polar surface area (TPSA) is 63.9 Å². The summed E-state index contributed by atoms with van der Waals surface area (Å²) < 4.78 is 0. The van der Waals surface area contributed by atoms with Gasteiger partial charge in [0.15, 0.2) is 0 Å². The highest BCUT2D eigenvalue weighted by atomic mass is 16.2. The smallest absolute Gasteiger partial charge is 0.246 e. The molecule has 128 valence electrons. The maximum absolute atomic E-state index is 12.5. The van der Waals surface area contributed by atoms with E-state index >= 15 is 0 Å². The number of aromatic nitrogens is 4. The summed E-state index contributed by atoms with van der Waals surface area (Å²) >= 11 is 0. The number of tetrazole rings is 1. The number of piperidine rings is 1. The maximum atomic E-state index is 12.5. The number of aryl methyl sites for hydroxylation is 1. The lowest BCUT2D eigenvalue weighted by molar-refractivity contribution is -0.135. The first kappa shape index (κ1) is 16.6. The number of amides is 1. The van der Waals surface area contributed by atoms with Crippen molar-refractivity contribution in [3.05, 3.63) is 29.8 Å². The number of rotatable bonds is 4. The van der Waals surface area contributed by atoms with Crippen molar-refractivity contribution in [2.24, 2.45) is 11.8 Å². The molecule has 0 spiro atoms. The van der Waals surface area contributed by atoms with E-state index in [4.69, 9.17) is 0 Å². The second kappa shape index (κ2) is 7.11. The summed E-state index contributed by atoms with van der Waals surface area (Å²) in [4.78, 5) is 15.8. The van der Waals surface area contributed by atoms with Gasteiger partial charge in [-0.2, -0.15) is 4.80 Å². The molecule has 1 aliphatic rings. The van der Waals surface area contributed by atoms with Crippen molar-refractivity contribution >= 4 is 5.91 Å². The lowest BCUT2D eigenvalue weighted by Gasteiger charge is -2.34. The molecule has 1 aromatic heterocycles. The quantitative estimate of drug-likeness (QED) is 0.865. The Kier molecular flexibility index (Phi) is 4.92.